The third kappa shape index (κ3) is 3.02. The molecule has 0 spiro atoms. The van der Waals surface area contributed by atoms with Crippen molar-refractivity contribution in [3.63, 3.8) is 0 Å². The van der Waals surface area contributed by atoms with Crippen LogP contribution in [0.25, 0.3) is 10.9 Å². The van der Waals surface area contributed by atoms with Gasteiger partial charge in [-0.3, -0.25) is 10.1 Å². The van der Waals surface area contributed by atoms with Crippen LogP contribution in [0.2, 0.25) is 0 Å². The monoisotopic (exact) mass is 278 g/mol. The number of nitrogens with zero attached hydrogens (tertiary/aromatic N) is 2. The second kappa shape index (κ2) is 5.99. The zero-order valence-electron chi connectivity index (χ0n) is 10.4. The summed E-state index contributed by atoms with van der Waals surface area (Å²) in [4.78, 5) is 15.4. The first-order chi connectivity index (χ1) is 9.13. The molecule has 0 aliphatic rings. The zero-order valence-corrected chi connectivity index (χ0v) is 11.3. The summed E-state index contributed by atoms with van der Waals surface area (Å²) in [6.07, 6.45) is 1.30. The molecular weight excluding hydrogens is 264 g/mol. The topological polar surface area (TPSA) is 76.3 Å². The van der Waals surface area contributed by atoms with Crippen LogP contribution in [-0.4, -0.2) is 27.4 Å². The van der Waals surface area contributed by atoms with Crippen LogP contribution in [0.5, 0.6) is 0 Å². The Morgan fingerprint density at radius 3 is 2.89 bits per heavy atom. The van der Waals surface area contributed by atoms with E-state index in [1.54, 1.807) is 0 Å². The third-order valence-electron chi connectivity index (χ3n) is 2.73. The van der Waals surface area contributed by atoms with E-state index in [2.05, 4.69) is 4.98 Å². The van der Waals surface area contributed by atoms with E-state index >= 15 is 0 Å². The summed E-state index contributed by atoms with van der Waals surface area (Å²) in [6, 6.07) is 7.36. The van der Waals surface area contributed by atoms with E-state index in [0.717, 1.165) is 10.9 Å². The quantitative estimate of drug-likeness (QED) is 0.517. The second-order valence-corrected chi connectivity index (χ2v) is 5.38. The Bertz CT molecular complexity index is 603. The molecule has 100 valence electrons. The molecule has 0 bridgehead atoms. The number of aliphatic hydroxyl groups is 1. The molecule has 0 saturated carbocycles. The number of benzene rings is 1. The number of nitro groups is 1. The minimum Gasteiger partial charge on any atom is -0.396 e. The van der Waals surface area contributed by atoms with Gasteiger partial charge in [-0.2, -0.15) is 0 Å². The van der Waals surface area contributed by atoms with Crippen LogP contribution in [0.4, 0.5) is 5.69 Å². The van der Waals surface area contributed by atoms with Gasteiger partial charge in [0, 0.05) is 17.7 Å². The van der Waals surface area contributed by atoms with Crippen LogP contribution in [-0.2, 0) is 0 Å². The minimum atomic E-state index is -0.411. The number of aliphatic hydroxyl groups excluding tert-OH is 1. The van der Waals surface area contributed by atoms with Crippen molar-refractivity contribution in [2.24, 2.45) is 5.92 Å². The van der Waals surface area contributed by atoms with E-state index in [-0.39, 0.29) is 18.2 Å². The van der Waals surface area contributed by atoms with Gasteiger partial charge in [0.05, 0.1) is 15.3 Å². The van der Waals surface area contributed by atoms with Crippen LogP contribution in [0, 0.1) is 16.0 Å². The van der Waals surface area contributed by atoms with Crippen molar-refractivity contribution >= 4 is 28.4 Å². The van der Waals surface area contributed by atoms with Gasteiger partial charge in [0.2, 0.25) is 0 Å². The van der Waals surface area contributed by atoms with Crippen molar-refractivity contribution in [2.75, 3.05) is 12.4 Å². The summed E-state index contributed by atoms with van der Waals surface area (Å²) in [5.41, 5.74) is 0.765. The summed E-state index contributed by atoms with van der Waals surface area (Å²) in [5, 5.41) is 20.9. The summed E-state index contributed by atoms with van der Waals surface area (Å²) in [6.45, 7) is 1.98. The second-order valence-electron chi connectivity index (χ2n) is 4.35. The Hall–Kier alpha value is -1.66. The maximum absolute atomic E-state index is 11.1. The summed E-state index contributed by atoms with van der Waals surface area (Å²) in [7, 11) is 0. The van der Waals surface area contributed by atoms with E-state index < -0.39 is 4.92 Å². The molecule has 1 aromatic heterocycles. The van der Waals surface area contributed by atoms with Crippen LogP contribution in [0.15, 0.2) is 35.4 Å². The SMILES string of the molecule is CC(CO)CSc1c([N+](=O)[O-])cnc2ccccc12. The lowest BCUT2D eigenvalue weighted by molar-refractivity contribution is -0.387. The molecule has 1 heterocycles. The molecule has 6 heteroatoms. The molecule has 19 heavy (non-hydrogen) atoms. The molecular formula is C13H14N2O3S. The maximum Gasteiger partial charge on any atom is 0.301 e. The van der Waals surface area contributed by atoms with Gasteiger partial charge in [-0.25, -0.2) is 4.98 Å². The number of para-hydroxylation sites is 1. The van der Waals surface area contributed by atoms with E-state index in [9.17, 15) is 10.1 Å². The number of hydrogen-bond acceptors (Lipinski definition) is 5. The standard InChI is InChI=1S/C13H14N2O3S/c1-9(7-16)8-19-13-10-4-2-3-5-11(10)14-6-12(13)15(17)18/h2-6,9,16H,7-8H2,1H3. The predicted molar refractivity (Wildman–Crippen MR) is 75.4 cm³/mol. The fraction of sp³-hybridized carbons (Fsp3) is 0.308. The molecule has 1 aromatic carbocycles. The first-order valence-corrected chi connectivity index (χ1v) is 6.88. The minimum absolute atomic E-state index is 0.0221. The molecule has 1 unspecified atom stereocenters. The summed E-state index contributed by atoms with van der Waals surface area (Å²) < 4.78 is 0. The smallest absolute Gasteiger partial charge is 0.301 e. The average molecular weight is 278 g/mol. The van der Waals surface area contributed by atoms with Crippen LogP contribution in [0.1, 0.15) is 6.92 Å². The lowest BCUT2D eigenvalue weighted by atomic mass is 10.2. The van der Waals surface area contributed by atoms with E-state index in [4.69, 9.17) is 5.11 Å². The molecule has 1 atom stereocenters. The lowest BCUT2D eigenvalue weighted by Gasteiger charge is -2.09. The van der Waals surface area contributed by atoms with Gasteiger partial charge in [-0.1, -0.05) is 25.1 Å². The molecule has 0 aliphatic carbocycles. The maximum atomic E-state index is 11.1. The van der Waals surface area contributed by atoms with E-state index in [0.29, 0.717) is 10.6 Å². The average Bonchev–Trinajstić information content (AvgIpc) is 2.43. The van der Waals surface area contributed by atoms with Gasteiger partial charge in [0.1, 0.15) is 6.20 Å². The molecule has 2 aromatic rings. The summed E-state index contributed by atoms with van der Waals surface area (Å²) >= 11 is 1.40. The van der Waals surface area contributed by atoms with Crippen LogP contribution < -0.4 is 0 Å². The lowest BCUT2D eigenvalue weighted by Crippen LogP contribution is -2.04. The van der Waals surface area contributed by atoms with Gasteiger partial charge >= 0.3 is 5.69 Å². The highest BCUT2D eigenvalue weighted by Gasteiger charge is 2.18. The number of hydrogen-bond donors (Lipinski definition) is 1. The number of thioether (sulfide) groups is 1. The molecule has 0 saturated heterocycles. The highest BCUT2D eigenvalue weighted by molar-refractivity contribution is 7.99. The highest BCUT2D eigenvalue weighted by Crippen LogP contribution is 2.35. The van der Waals surface area contributed by atoms with Crippen molar-refractivity contribution in [1.82, 2.24) is 4.98 Å². The number of fused-ring (bicyclic) bond motifs is 1. The first kappa shape index (κ1) is 13.8. The third-order valence-corrected chi connectivity index (χ3v) is 4.18. The molecule has 1 N–H and O–H groups in total. The van der Waals surface area contributed by atoms with Gasteiger partial charge in [0.25, 0.3) is 0 Å². The predicted octanol–water partition coefficient (Wildman–Crippen LogP) is 2.86. The Kier molecular flexibility index (Phi) is 4.34. The van der Waals surface area contributed by atoms with E-state index in [1.165, 1.54) is 18.0 Å². The molecule has 0 amide bonds. The Labute approximate surface area is 114 Å². The highest BCUT2D eigenvalue weighted by atomic mass is 32.2. The fourth-order valence-electron chi connectivity index (χ4n) is 1.67. The molecule has 0 aliphatic heterocycles. The first-order valence-electron chi connectivity index (χ1n) is 5.89. The van der Waals surface area contributed by atoms with Gasteiger partial charge in [0.15, 0.2) is 0 Å². The van der Waals surface area contributed by atoms with Crippen LogP contribution >= 0.6 is 11.8 Å². The van der Waals surface area contributed by atoms with E-state index in [1.807, 2.05) is 31.2 Å². The molecule has 5 nitrogen and oxygen atoms in total. The Morgan fingerprint density at radius 1 is 1.47 bits per heavy atom. The number of pyridine rings is 1. The number of rotatable bonds is 5. The van der Waals surface area contributed by atoms with Crippen molar-refractivity contribution in [1.29, 1.82) is 0 Å². The Balaban J connectivity index is 2.46. The molecule has 0 radical (unpaired) electrons. The normalized spacial score (nSPS) is 12.5. The zero-order chi connectivity index (χ0) is 13.8. The largest absolute Gasteiger partial charge is 0.396 e. The Morgan fingerprint density at radius 2 is 2.21 bits per heavy atom. The molecule has 2 rings (SSSR count). The number of aromatic nitrogens is 1. The van der Waals surface area contributed by atoms with Gasteiger partial charge < -0.3 is 5.11 Å². The van der Waals surface area contributed by atoms with Crippen LogP contribution in [0.3, 0.4) is 0 Å². The van der Waals surface area contributed by atoms with Gasteiger partial charge in [-0.05, 0) is 12.0 Å². The summed E-state index contributed by atoms with van der Waals surface area (Å²) in [5.74, 6) is 0.724. The fourth-order valence-corrected chi connectivity index (χ4v) is 2.83. The molecule has 0 fully saturated rings. The van der Waals surface area contributed by atoms with Crippen molar-refractivity contribution in [3.05, 3.63) is 40.6 Å². The van der Waals surface area contributed by atoms with Gasteiger partial charge in [-0.15, -0.1) is 11.8 Å². The van der Waals surface area contributed by atoms with Crippen molar-refractivity contribution in [3.8, 4) is 0 Å². The van der Waals surface area contributed by atoms with Crippen molar-refractivity contribution < 1.29 is 10.0 Å². The van der Waals surface area contributed by atoms with Crippen molar-refractivity contribution in [2.45, 2.75) is 11.8 Å².